The third kappa shape index (κ3) is 2.12. The summed E-state index contributed by atoms with van der Waals surface area (Å²) in [5, 5.41) is 0. The SMILES string of the molecule is c1c[n+](CC2CO2)ccc1N1CCCC1. The molecule has 3 heteroatoms. The summed E-state index contributed by atoms with van der Waals surface area (Å²) < 4.78 is 7.42. The summed E-state index contributed by atoms with van der Waals surface area (Å²) in [5.41, 5.74) is 1.36. The van der Waals surface area contributed by atoms with Gasteiger partial charge in [-0.15, -0.1) is 0 Å². The lowest BCUT2D eigenvalue weighted by Gasteiger charge is -2.16. The van der Waals surface area contributed by atoms with Gasteiger partial charge in [0.1, 0.15) is 6.10 Å². The Balaban J connectivity index is 1.68. The second-order valence-corrected chi connectivity index (χ2v) is 4.40. The predicted molar refractivity (Wildman–Crippen MR) is 57.8 cm³/mol. The molecule has 80 valence electrons. The maximum atomic E-state index is 5.21. The van der Waals surface area contributed by atoms with Crippen molar-refractivity contribution in [1.29, 1.82) is 0 Å². The summed E-state index contributed by atoms with van der Waals surface area (Å²) in [6.45, 7) is 4.37. The topological polar surface area (TPSA) is 19.6 Å². The second kappa shape index (κ2) is 3.81. The van der Waals surface area contributed by atoms with Crippen molar-refractivity contribution in [3.63, 3.8) is 0 Å². The summed E-state index contributed by atoms with van der Waals surface area (Å²) in [6.07, 6.45) is 7.47. The number of nitrogens with zero attached hydrogens (tertiary/aromatic N) is 2. The normalized spacial score (nSPS) is 24.5. The van der Waals surface area contributed by atoms with Crippen LogP contribution in [0, 0.1) is 0 Å². The quantitative estimate of drug-likeness (QED) is 0.541. The molecule has 0 radical (unpaired) electrons. The molecule has 15 heavy (non-hydrogen) atoms. The van der Waals surface area contributed by atoms with Crippen molar-refractivity contribution in [2.45, 2.75) is 25.5 Å². The third-order valence-electron chi connectivity index (χ3n) is 3.16. The Morgan fingerprint density at radius 3 is 2.53 bits per heavy atom. The molecular weight excluding hydrogens is 188 g/mol. The zero-order valence-electron chi connectivity index (χ0n) is 8.93. The van der Waals surface area contributed by atoms with Gasteiger partial charge in [0.15, 0.2) is 18.9 Å². The van der Waals surface area contributed by atoms with Gasteiger partial charge in [0.05, 0.1) is 6.61 Å². The summed E-state index contributed by atoms with van der Waals surface area (Å²) >= 11 is 0. The van der Waals surface area contributed by atoms with E-state index >= 15 is 0 Å². The van der Waals surface area contributed by atoms with E-state index in [0.717, 1.165) is 13.2 Å². The average molecular weight is 205 g/mol. The van der Waals surface area contributed by atoms with E-state index < -0.39 is 0 Å². The summed E-state index contributed by atoms with van der Waals surface area (Å²) in [7, 11) is 0. The molecule has 2 fully saturated rings. The molecule has 1 atom stereocenters. The van der Waals surface area contributed by atoms with Crippen LogP contribution in [0.2, 0.25) is 0 Å². The molecule has 2 aliphatic rings. The van der Waals surface area contributed by atoms with Gasteiger partial charge in [0.25, 0.3) is 0 Å². The lowest BCUT2D eigenvalue weighted by atomic mass is 10.3. The Kier molecular flexibility index (Phi) is 2.33. The van der Waals surface area contributed by atoms with Gasteiger partial charge in [-0.2, -0.15) is 0 Å². The first kappa shape index (κ1) is 9.16. The highest BCUT2D eigenvalue weighted by Crippen LogP contribution is 2.18. The fourth-order valence-corrected chi connectivity index (χ4v) is 2.17. The number of ether oxygens (including phenoxy) is 1. The zero-order chi connectivity index (χ0) is 10.1. The van der Waals surface area contributed by atoms with E-state index in [4.69, 9.17) is 4.74 Å². The van der Waals surface area contributed by atoms with Crippen LogP contribution in [0.15, 0.2) is 24.5 Å². The number of hydrogen-bond acceptors (Lipinski definition) is 2. The number of pyridine rings is 1. The van der Waals surface area contributed by atoms with E-state index in [-0.39, 0.29) is 0 Å². The highest BCUT2D eigenvalue weighted by Gasteiger charge is 2.27. The van der Waals surface area contributed by atoms with Crippen LogP contribution >= 0.6 is 0 Å². The van der Waals surface area contributed by atoms with E-state index in [9.17, 15) is 0 Å². The van der Waals surface area contributed by atoms with E-state index in [1.165, 1.54) is 31.6 Å². The van der Waals surface area contributed by atoms with Crippen LogP contribution < -0.4 is 9.47 Å². The first-order valence-corrected chi connectivity index (χ1v) is 5.77. The maximum Gasteiger partial charge on any atom is 0.176 e. The van der Waals surface area contributed by atoms with Gasteiger partial charge < -0.3 is 9.64 Å². The lowest BCUT2D eigenvalue weighted by molar-refractivity contribution is -0.698. The van der Waals surface area contributed by atoms with Crippen molar-refractivity contribution in [2.75, 3.05) is 24.6 Å². The molecule has 0 N–H and O–H groups in total. The largest absolute Gasteiger partial charge is 0.371 e. The Labute approximate surface area is 90.3 Å². The fraction of sp³-hybridized carbons (Fsp3) is 0.583. The van der Waals surface area contributed by atoms with Crippen LogP contribution in [0.3, 0.4) is 0 Å². The Bertz CT molecular complexity index is 326. The van der Waals surface area contributed by atoms with Crippen molar-refractivity contribution >= 4 is 5.69 Å². The molecule has 2 saturated heterocycles. The molecular formula is C12H17N2O+. The minimum Gasteiger partial charge on any atom is -0.371 e. The molecule has 3 heterocycles. The van der Waals surface area contributed by atoms with Crippen LogP contribution in [0.1, 0.15) is 12.8 Å². The monoisotopic (exact) mass is 205 g/mol. The van der Waals surface area contributed by atoms with Crippen molar-refractivity contribution in [1.82, 2.24) is 0 Å². The third-order valence-corrected chi connectivity index (χ3v) is 3.16. The van der Waals surface area contributed by atoms with Crippen LogP contribution in [0.25, 0.3) is 0 Å². The summed E-state index contributed by atoms with van der Waals surface area (Å²) in [4.78, 5) is 2.46. The molecule has 0 bridgehead atoms. The lowest BCUT2D eigenvalue weighted by Crippen LogP contribution is -2.35. The Morgan fingerprint density at radius 1 is 1.27 bits per heavy atom. The van der Waals surface area contributed by atoms with Gasteiger partial charge >= 0.3 is 0 Å². The smallest absolute Gasteiger partial charge is 0.176 e. The van der Waals surface area contributed by atoms with Crippen molar-refractivity contribution in [3.05, 3.63) is 24.5 Å². The minimum atomic E-state index is 0.465. The van der Waals surface area contributed by atoms with Crippen LogP contribution in [-0.4, -0.2) is 25.8 Å². The second-order valence-electron chi connectivity index (χ2n) is 4.40. The van der Waals surface area contributed by atoms with E-state index in [1.54, 1.807) is 0 Å². The van der Waals surface area contributed by atoms with Gasteiger partial charge in [-0.05, 0) is 12.8 Å². The number of aromatic nitrogens is 1. The highest BCUT2D eigenvalue weighted by molar-refractivity contribution is 5.44. The van der Waals surface area contributed by atoms with Crippen LogP contribution in [-0.2, 0) is 11.3 Å². The molecule has 3 rings (SSSR count). The molecule has 0 saturated carbocycles. The van der Waals surface area contributed by atoms with Gasteiger partial charge in [-0.25, -0.2) is 4.57 Å². The zero-order valence-corrected chi connectivity index (χ0v) is 8.93. The molecule has 2 aliphatic heterocycles. The van der Waals surface area contributed by atoms with Crippen molar-refractivity contribution < 1.29 is 9.30 Å². The molecule has 1 aromatic heterocycles. The predicted octanol–water partition coefficient (Wildman–Crippen LogP) is 0.973. The summed E-state index contributed by atoms with van der Waals surface area (Å²) in [5.74, 6) is 0. The van der Waals surface area contributed by atoms with Gasteiger partial charge in [-0.3, -0.25) is 0 Å². The molecule has 0 spiro atoms. The first-order chi connectivity index (χ1) is 7.42. The van der Waals surface area contributed by atoms with E-state index in [1.807, 2.05) is 0 Å². The molecule has 1 aromatic rings. The van der Waals surface area contributed by atoms with Crippen molar-refractivity contribution in [2.24, 2.45) is 0 Å². The molecule has 3 nitrogen and oxygen atoms in total. The van der Waals surface area contributed by atoms with Crippen LogP contribution in [0.5, 0.6) is 0 Å². The molecule has 0 amide bonds. The van der Waals surface area contributed by atoms with Crippen molar-refractivity contribution in [3.8, 4) is 0 Å². The fourth-order valence-electron chi connectivity index (χ4n) is 2.17. The maximum absolute atomic E-state index is 5.21. The Hall–Kier alpha value is -1.09. The number of anilines is 1. The van der Waals surface area contributed by atoms with Gasteiger partial charge in [0.2, 0.25) is 0 Å². The van der Waals surface area contributed by atoms with Gasteiger partial charge in [-0.1, -0.05) is 0 Å². The number of rotatable bonds is 3. The van der Waals surface area contributed by atoms with E-state index in [0.29, 0.717) is 6.10 Å². The van der Waals surface area contributed by atoms with E-state index in [2.05, 4.69) is 34.0 Å². The molecule has 0 aromatic carbocycles. The standard InChI is InChI=1S/C12H17N2O/c1-2-6-14(5-1)11-3-7-13(8-4-11)9-12-10-15-12/h3-4,7-8,12H,1-2,5-6,9-10H2/q+1. The van der Waals surface area contributed by atoms with Gasteiger partial charge in [0, 0.05) is 30.9 Å². The average Bonchev–Trinajstić information content (AvgIpc) is 2.92. The molecule has 1 unspecified atom stereocenters. The summed E-state index contributed by atoms with van der Waals surface area (Å²) in [6, 6.07) is 4.43. The Morgan fingerprint density at radius 2 is 1.93 bits per heavy atom. The first-order valence-electron chi connectivity index (χ1n) is 5.77. The highest BCUT2D eigenvalue weighted by atomic mass is 16.6. The number of hydrogen-bond donors (Lipinski definition) is 0. The minimum absolute atomic E-state index is 0.465. The number of epoxide rings is 1. The molecule has 0 aliphatic carbocycles. The van der Waals surface area contributed by atoms with Crippen LogP contribution in [0.4, 0.5) is 5.69 Å².